The summed E-state index contributed by atoms with van der Waals surface area (Å²) in [5.74, 6) is 0. The largest absolute Gasteiger partial charge is 0.398 e. The molecule has 3 heteroatoms. The average Bonchev–Trinajstić information content (AvgIpc) is 2.30. The fraction of sp³-hybridized carbons (Fsp3) is 0.538. The van der Waals surface area contributed by atoms with Crippen LogP contribution in [0.1, 0.15) is 25.3 Å². The first kappa shape index (κ1) is 11.3. The number of nitrogens with two attached hydrogens (primary N) is 1. The zero-order valence-corrected chi connectivity index (χ0v) is 9.82. The van der Waals surface area contributed by atoms with Gasteiger partial charge in [-0.15, -0.1) is 0 Å². The molecule has 0 spiro atoms. The molecule has 0 saturated carbocycles. The summed E-state index contributed by atoms with van der Waals surface area (Å²) >= 11 is 0. The molecular weight excluding hydrogens is 200 g/mol. The number of nitrogens with zero attached hydrogens (tertiary/aromatic N) is 1. The van der Waals surface area contributed by atoms with Gasteiger partial charge in [-0.1, -0.05) is 13.0 Å². The molecule has 0 saturated heterocycles. The lowest BCUT2D eigenvalue weighted by molar-refractivity contribution is 0.175. The number of hydrogen-bond donors (Lipinski definition) is 2. The molecule has 1 aromatic carbocycles. The molecule has 88 valence electrons. The summed E-state index contributed by atoms with van der Waals surface area (Å²) in [4.78, 5) is 2.25. The maximum atomic E-state index is 9.73. The van der Waals surface area contributed by atoms with E-state index in [2.05, 4.69) is 11.0 Å². The Labute approximate surface area is 96.9 Å². The van der Waals surface area contributed by atoms with Crippen LogP contribution in [0.5, 0.6) is 0 Å². The van der Waals surface area contributed by atoms with E-state index in [4.69, 9.17) is 5.73 Å². The van der Waals surface area contributed by atoms with Gasteiger partial charge in [0.25, 0.3) is 0 Å². The second-order valence-corrected chi connectivity index (χ2v) is 4.46. The summed E-state index contributed by atoms with van der Waals surface area (Å²) in [5.41, 5.74) is 9.31. The monoisotopic (exact) mass is 220 g/mol. The maximum Gasteiger partial charge on any atom is 0.0712 e. The predicted octanol–water partition coefficient (Wildman–Crippen LogP) is 1.79. The lowest BCUT2D eigenvalue weighted by Gasteiger charge is -2.33. The number of nitrogen functional groups attached to an aromatic ring is 1. The normalized spacial score (nSPS) is 17.0. The Morgan fingerprint density at radius 3 is 3.06 bits per heavy atom. The Morgan fingerprint density at radius 1 is 1.50 bits per heavy atom. The van der Waals surface area contributed by atoms with Gasteiger partial charge < -0.3 is 15.7 Å². The molecular formula is C13H20N2O. The Balaban J connectivity index is 2.23. The van der Waals surface area contributed by atoms with Crippen LogP contribution in [0, 0.1) is 0 Å². The van der Waals surface area contributed by atoms with E-state index in [9.17, 15) is 5.11 Å². The first-order valence-electron chi connectivity index (χ1n) is 6.02. The average molecular weight is 220 g/mol. The van der Waals surface area contributed by atoms with Crippen LogP contribution < -0.4 is 10.6 Å². The number of hydrogen-bond acceptors (Lipinski definition) is 3. The minimum Gasteiger partial charge on any atom is -0.398 e. The van der Waals surface area contributed by atoms with Gasteiger partial charge in [-0.3, -0.25) is 0 Å². The van der Waals surface area contributed by atoms with Crippen molar-refractivity contribution in [2.75, 3.05) is 23.7 Å². The molecule has 2 rings (SSSR count). The van der Waals surface area contributed by atoms with Crippen LogP contribution in [0.25, 0.3) is 0 Å². The highest BCUT2D eigenvalue weighted by Gasteiger charge is 2.19. The molecule has 3 N–H and O–H groups in total. The minimum absolute atomic E-state index is 0.243. The summed E-state index contributed by atoms with van der Waals surface area (Å²) in [6, 6.07) is 6.05. The van der Waals surface area contributed by atoms with Gasteiger partial charge >= 0.3 is 0 Å². The fourth-order valence-corrected chi connectivity index (χ4v) is 2.30. The summed E-state index contributed by atoms with van der Waals surface area (Å²) in [5, 5.41) is 9.73. The molecule has 1 aliphatic rings. The summed E-state index contributed by atoms with van der Waals surface area (Å²) in [6.45, 7) is 3.75. The fourth-order valence-electron chi connectivity index (χ4n) is 2.30. The molecule has 0 radical (unpaired) electrons. The first-order valence-corrected chi connectivity index (χ1v) is 6.02. The van der Waals surface area contributed by atoms with Gasteiger partial charge in [-0.2, -0.15) is 0 Å². The van der Waals surface area contributed by atoms with Crippen LogP contribution >= 0.6 is 0 Å². The number of rotatable bonds is 3. The van der Waals surface area contributed by atoms with Crippen LogP contribution in [-0.4, -0.2) is 24.3 Å². The van der Waals surface area contributed by atoms with Crippen LogP contribution in [-0.2, 0) is 6.42 Å². The SMILES string of the molecule is CCC(O)CN1CCCc2c(N)cccc21. The molecule has 16 heavy (non-hydrogen) atoms. The van der Waals surface area contributed by atoms with Crippen molar-refractivity contribution in [2.24, 2.45) is 0 Å². The Hall–Kier alpha value is -1.22. The van der Waals surface area contributed by atoms with Crippen molar-refractivity contribution in [1.29, 1.82) is 0 Å². The quantitative estimate of drug-likeness (QED) is 0.764. The molecule has 1 aliphatic heterocycles. The highest BCUT2D eigenvalue weighted by molar-refractivity contribution is 5.66. The van der Waals surface area contributed by atoms with Crippen LogP contribution in [0.3, 0.4) is 0 Å². The van der Waals surface area contributed by atoms with Crippen molar-refractivity contribution in [1.82, 2.24) is 0 Å². The lowest BCUT2D eigenvalue weighted by atomic mass is 9.99. The smallest absolute Gasteiger partial charge is 0.0712 e. The van der Waals surface area contributed by atoms with Gasteiger partial charge in [-0.05, 0) is 37.0 Å². The van der Waals surface area contributed by atoms with E-state index >= 15 is 0 Å². The van der Waals surface area contributed by atoms with E-state index in [0.29, 0.717) is 6.54 Å². The minimum atomic E-state index is -0.243. The maximum absolute atomic E-state index is 9.73. The summed E-state index contributed by atoms with van der Waals surface area (Å²) < 4.78 is 0. The predicted molar refractivity (Wildman–Crippen MR) is 67.7 cm³/mol. The molecule has 3 nitrogen and oxygen atoms in total. The lowest BCUT2D eigenvalue weighted by Crippen LogP contribution is -2.36. The topological polar surface area (TPSA) is 49.5 Å². The van der Waals surface area contributed by atoms with Crippen LogP contribution in [0.15, 0.2) is 18.2 Å². The second-order valence-electron chi connectivity index (χ2n) is 4.46. The van der Waals surface area contributed by atoms with E-state index in [1.807, 2.05) is 19.1 Å². The molecule has 0 aliphatic carbocycles. The highest BCUT2D eigenvalue weighted by atomic mass is 16.3. The zero-order chi connectivity index (χ0) is 11.5. The number of aliphatic hydroxyl groups is 1. The Kier molecular flexibility index (Phi) is 3.34. The van der Waals surface area contributed by atoms with E-state index in [1.165, 1.54) is 11.3 Å². The number of β-amino-alcohol motifs (C(OH)–C–C–N with tert-alkyl or cyclic N) is 1. The van der Waals surface area contributed by atoms with E-state index in [1.54, 1.807) is 0 Å². The number of benzene rings is 1. The molecule has 1 aromatic rings. The molecule has 1 unspecified atom stereocenters. The summed E-state index contributed by atoms with van der Waals surface area (Å²) in [7, 11) is 0. The van der Waals surface area contributed by atoms with Gasteiger partial charge in [-0.25, -0.2) is 0 Å². The zero-order valence-electron chi connectivity index (χ0n) is 9.82. The first-order chi connectivity index (χ1) is 7.72. The van der Waals surface area contributed by atoms with Gasteiger partial charge in [0.05, 0.1) is 6.10 Å². The molecule has 1 atom stereocenters. The van der Waals surface area contributed by atoms with Crippen molar-refractivity contribution in [3.8, 4) is 0 Å². The number of anilines is 2. The van der Waals surface area contributed by atoms with Crippen molar-refractivity contribution in [3.05, 3.63) is 23.8 Å². The number of fused-ring (bicyclic) bond motifs is 1. The van der Waals surface area contributed by atoms with Crippen LogP contribution in [0.2, 0.25) is 0 Å². The van der Waals surface area contributed by atoms with Gasteiger partial charge in [0.2, 0.25) is 0 Å². The van der Waals surface area contributed by atoms with Gasteiger partial charge in [0, 0.05) is 24.5 Å². The molecule has 0 amide bonds. The van der Waals surface area contributed by atoms with Gasteiger partial charge in [0.15, 0.2) is 0 Å². The molecule has 0 bridgehead atoms. The number of aliphatic hydroxyl groups excluding tert-OH is 1. The molecule has 1 heterocycles. The third-order valence-electron chi connectivity index (χ3n) is 3.29. The Bertz CT molecular complexity index is 365. The van der Waals surface area contributed by atoms with Crippen LogP contribution in [0.4, 0.5) is 11.4 Å². The van der Waals surface area contributed by atoms with E-state index in [-0.39, 0.29) is 6.10 Å². The standard InChI is InChI=1S/C13H20N2O/c1-2-10(16)9-15-8-4-5-11-12(14)6-3-7-13(11)15/h3,6-7,10,16H,2,4-5,8-9,14H2,1H3. The molecule has 0 aromatic heterocycles. The Morgan fingerprint density at radius 2 is 2.31 bits per heavy atom. The van der Waals surface area contributed by atoms with Crippen molar-refractivity contribution in [3.63, 3.8) is 0 Å². The third-order valence-corrected chi connectivity index (χ3v) is 3.29. The van der Waals surface area contributed by atoms with E-state index < -0.39 is 0 Å². The van der Waals surface area contributed by atoms with Crippen molar-refractivity contribution < 1.29 is 5.11 Å². The van der Waals surface area contributed by atoms with Crippen molar-refractivity contribution in [2.45, 2.75) is 32.3 Å². The van der Waals surface area contributed by atoms with Crippen molar-refractivity contribution >= 4 is 11.4 Å². The third kappa shape index (κ3) is 2.14. The summed E-state index contributed by atoms with van der Waals surface area (Å²) in [6.07, 6.45) is 2.74. The highest BCUT2D eigenvalue weighted by Crippen LogP contribution is 2.31. The molecule has 0 fully saturated rings. The second kappa shape index (κ2) is 4.74. The van der Waals surface area contributed by atoms with Gasteiger partial charge in [0.1, 0.15) is 0 Å². The van der Waals surface area contributed by atoms with E-state index in [0.717, 1.165) is 31.5 Å².